The maximum absolute atomic E-state index is 2.50. The molecule has 7 rings (SSSR count). The van der Waals surface area contributed by atoms with Crippen LogP contribution in [0.3, 0.4) is 0 Å². The second-order valence-corrected chi connectivity index (χ2v) is 26.2. The van der Waals surface area contributed by atoms with Crippen molar-refractivity contribution in [2.45, 2.75) is 105 Å². The van der Waals surface area contributed by atoms with Crippen LogP contribution >= 0.6 is 11.3 Å². The number of benzene rings is 6. The van der Waals surface area contributed by atoms with Crippen LogP contribution in [0, 0.1) is 6.92 Å². The van der Waals surface area contributed by atoms with Gasteiger partial charge < -0.3 is 9.80 Å². The second-order valence-electron chi connectivity index (χ2n) is 20.2. The lowest BCUT2D eigenvalue weighted by Gasteiger charge is -2.32. The van der Waals surface area contributed by atoms with Gasteiger partial charge in [0.05, 0.1) is 19.4 Å². The molecule has 0 aliphatic carbocycles. The van der Waals surface area contributed by atoms with Gasteiger partial charge in [0.2, 0.25) is 0 Å². The minimum Gasteiger partial charge on any atom is -0.310 e. The van der Waals surface area contributed by atoms with Crippen molar-refractivity contribution in [2.75, 3.05) is 9.80 Å². The quantitative estimate of drug-likeness (QED) is 0.141. The molecule has 2 nitrogen and oxygen atoms in total. The maximum atomic E-state index is 2.50. The van der Waals surface area contributed by atoms with Crippen LogP contribution in [0.15, 0.2) is 139 Å². The number of hydrogen-bond donors (Lipinski definition) is 0. The van der Waals surface area contributed by atoms with Gasteiger partial charge in [0, 0.05) is 43.8 Å². The van der Waals surface area contributed by atoms with Crippen LogP contribution in [-0.2, 0) is 16.2 Å². The van der Waals surface area contributed by atoms with E-state index in [9.17, 15) is 0 Å². The van der Waals surface area contributed by atoms with Crippen LogP contribution in [0.5, 0.6) is 0 Å². The van der Waals surface area contributed by atoms with Crippen LogP contribution in [-0.4, -0.2) is 8.07 Å². The molecule has 0 saturated heterocycles. The Morgan fingerprint density at radius 1 is 0.466 bits per heavy atom. The van der Waals surface area contributed by atoms with Gasteiger partial charge in [-0.3, -0.25) is 0 Å². The summed E-state index contributed by atoms with van der Waals surface area (Å²) in [5.41, 5.74) is 14.6. The highest BCUT2D eigenvalue weighted by Crippen LogP contribution is 2.47. The monoisotopic (exact) mass is 798 g/mol. The minimum absolute atomic E-state index is 0.000551. The van der Waals surface area contributed by atoms with Crippen LogP contribution in [0.1, 0.15) is 84.6 Å². The molecule has 0 amide bonds. The normalized spacial score (nSPS) is 12.6. The summed E-state index contributed by atoms with van der Waals surface area (Å²) >= 11 is 1.84. The Balaban J connectivity index is 1.50. The van der Waals surface area contributed by atoms with Gasteiger partial charge in [0.1, 0.15) is 0 Å². The van der Waals surface area contributed by atoms with Gasteiger partial charge in [0.15, 0.2) is 0 Å². The van der Waals surface area contributed by atoms with Gasteiger partial charge >= 0.3 is 0 Å². The van der Waals surface area contributed by atoms with Crippen LogP contribution < -0.4 is 15.0 Å². The molecule has 0 fully saturated rings. The lowest BCUT2D eigenvalue weighted by molar-refractivity contribution is 0.590. The van der Waals surface area contributed by atoms with Crippen molar-refractivity contribution in [3.05, 3.63) is 161 Å². The second kappa shape index (κ2) is 15.4. The molecule has 1 heterocycles. The first kappa shape index (κ1) is 41.3. The standard InChI is InChI=1S/C54H62N2SSi/c1-37-31-44(55(42-24-19-39(20-25-42)52(2,3)4)49-29-23-41(54(8,9)10)33-47(49)38-17-15-14-16-18-38)34-45(32-37)56(43-26-21-40(22-27-43)53(5,6)7)50-36-57-51-30-28-46(35-48(50)51)58(11,12)13/h14-36H,1-13H3. The smallest absolute Gasteiger partial charge is 0.0776 e. The Hall–Kier alpha value is -4.90. The van der Waals surface area contributed by atoms with Crippen LogP contribution in [0.2, 0.25) is 19.6 Å². The van der Waals surface area contributed by atoms with E-state index < -0.39 is 8.07 Å². The summed E-state index contributed by atoms with van der Waals surface area (Å²) in [7, 11) is -1.56. The summed E-state index contributed by atoms with van der Waals surface area (Å²) in [5, 5.41) is 5.15. The first-order valence-corrected chi connectivity index (χ1v) is 25.2. The predicted octanol–water partition coefficient (Wildman–Crippen LogP) is 16.3. The maximum Gasteiger partial charge on any atom is 0.0776 e. The Morgan fingerprint density at radius 3 is 1.47 bits per heavy atom. The largest absolute Gasteiger partial charge is 0.310 e. The number of fused-ring (bicyclic) bond motifs is 1. The molecule has 1 aromatic heterocycles. The molecule has 6 aromatic carbocycles. The molecule has 0 radical (unpaired) electrons. The molecule has 0 spiro atoms. The molecule has 0 aliphatic heterocycles. The van der Waals surface area contributed by atoms with E-state index in [1.165, 1.54) is 54.3 Å². The third-order valence-electron chi connectivity index (χ3n) is 11.4. The SMILES string of the molecule is Cc1cc(N(c2ccc(C(C)(C)C)cc2)c2ccc(C(C)(C)C)cc2-c2ccccc2)cc(N(c2ccc(C(C)(C)C)cc2)c2csc3ccc([Si](C)(C)C)cc23)c1. The molecule has 0 saturated carbocycles. The van der Waals surface area contributed by atoms with E-state index in [0.717, 1.165) is 28.4 Å². The van der Waals surface area contributed by atoms with Crippen molar-refractivity contribution < 1.29 is 0 Å². The van der Waals surface area contributed by atoms with Crippen molar-refractivity contribution in [3.8, 4) is 11.1 Å². The van der Waals surface area contributed by atoms with Gasteiger partial charge in [-0.15, -0.1) is 11.3 Å². The topological polar surface area (TPSA) is 6.48 Å². The van der Waals surface area contributed by atoms with Crippen LogP contribution in [0.4, 0.5) is 34.1 Å². The minimum atomic E-state index is -1.56. The third kappa shape index (κ3) is 8.60. The molecule has 7 aromatic rings. The number of hydrogen-bond acceptors (Lipinski definition) is 3. The first-order chi connectivity index (χ1) is 27.2. The highest BCUT2D eigenvalue weighted by Gasteiger charge is 2.26. The van der Waals surface area contributed by atoms with Crippen molar-refractivity contribution in [3.63, 3.8) is 0 Å². The molecule has 298 valence electrons. The van der Waals surface area contributed by atoms with Crippen molar-refractivity contribution in [1.29, 1.82) is 0 Å². The van der Waals surface area contributed by atoms with Crippen molar-refractivity contribution in [2.24, 2.45) is 0 Å². The summed E-state index contributed by atoms with van der Waals surface area (Å²) in [6.07, 6.45) is 0. The number of aryl methyl sites for hydroxylation is 1. The Kier molecular flexibility index (Phi) is 10.9. The summed E-state index contributed by atoms with van der Waals surface area (Å²) in [5.74, 6) is 0. The van der Waals surface area contributed by atoms with Crippen LogP contribution in [0.25, 0.3) is 21.2 Å². The summed E-state index contributed by atoms with van der Waals surface area (Å²) < 4.78 is 1.31. The van der Waals surface area contributed by atoms with Crippen molar-refractivity contribution >= 4 is 68.8 Å². The molecule has 0 bridgehead atoms. The Labute approximate surface area is 354 Å². The molecular weight excluding hydrogens is 737 g/mol. The zero-order valence-corrected chi connectivity index (χ0v) is 38.9. The highest BCUT2D eigenvalue weighted by molar-refractivity contribution is 7.18. The fraction of sp³-hybridized carbons (Fsp3) is 0.296. The van der Waals surface area contributed by atoms with E-state index in [1.54, 1.807) is 0 Å². The molecular formula is C54H62N2SSi. The molecule has 0 aliphatic rings. The van der Waals surface area contributed by atoms with E-state index in [2.05, 4.69) is 238 Å². The lowest BCUT2D eigenvalue weighted by Crippen LogP contribution is -2.37. The van der Waals surface area contributed by atoms with E-state index >= 15 is 0 Å². The zero-order valence-electron chi connectivity index (χ0n) is 37.1. The molecule has 0 atom stereocenters. The van der Waals surface area contributed by atoms with Gasteiger partial charge in [-0.05, 0) is 112 Å². The van der Waals surface area contributed by atoms with Gasteiger partial charge in [0.25, 0.3) is 0 Å². The molecule has 0 unspecified atom stereocenters. The molecule has 58 heavy (non-hydrogen) atoms. The van der Waals surface area contributed by atoms with Gasteiger partial charge in [-0.2, -0.15) is 0 Å². The lowest BCUT2D eigenvalue weighted by atomic mass is 9.84. The zero-order chi connectivity index (χ0) is 41.8. The fourth-order valence-corrected chi connectivity index (χ4v) is 9.85. The number of thiophene rings is 1. The average Bonchev–Trinajstić information content (AvgIpc) is 3.57. The number of nitrogens with zero attached hydrogens (tertiary/aromatic N) is 2. The van der Waals surface area contributed by atoms with E-state index in [0.29, 0.717) is 0 Å². The Morgan fingerprint density at radius 2 is 0.966 bits per heavy atom. The predicted molar refractivity (Wildman–Crippen MR) is 260 cm³/mol. The fourth-order valence-electron chi connectivity index (χ4n) is 7.78. The van der Waals surface area contributed by atoms with E-state index in [-0.39, 0.29) is 16.2 Å². The van der Waals surface area contributed by atoms with E-state index in [1.807, 2.05) is 11.3 Å². The van der Waals surface area contributed by atoms with Gasteiger partial charge in [-0.1, -0.05) is 160 Å². The Bertz CT molecular complexity index is 2540. The molecule has 4 heteroatoms. The van der Waals surface area contributed by atoms with E-state index in [4.69, 9.17) is 0 Å². The first-order valence-electron chi connectivity index (χ1n) is 20.8. The van der Waals surface area contributed by atoms with Crippen molar-refractivity contribution in [1.82, 2.24) is 0 Å². The average molecular weight is 799 g/mol. The third-order valence-corrected chi connectivity index (χ3v) is 14.4. The number of rotatable bonds is 8. The summed E-state index contributed by atoms with van der Waals surface area (Å²) in [6.45, 7) is 30.2. The number of anilines is 6. The summed E-state index contributed by atoms with van der Waals surface area (Å²) in [6, 6.07) is 50.8. The summed E-state index contributed by atoms with van der Waals surface area (Å²) in [4.78, 5) is 4.98. The van der Waals surface area contributed by atoms with Gasteiger partial charge in [-0.25, -0.2) is 0 Å². The molecule has 0 N–H and O–H groups in total. The highest BCUT2D eigenvalue weighted by atomic mass is 32.1.